The van der Waals surface area contributed by atoms with Crippen LogP contribution in [0.5, 0.6) is 0 Å². The van der Waals surface area contributed by atoms with Crippen LogP contribution in [0.1, 0.15) is 17.2 Å². The van der Waals surface area contributed by atoms with Crippen LogP contribution in [0.2, 0.25) is 10.0 Å². The molecule has 0 fully saturated rings. The third-order valence-corrected chi connectivity index (χ3v) is 3.74. The number of carbonyl (C=O) groups excluding carboxylic acids is 1. The fourth-order valence-electron chi connectivity index (χ4n) is 1.95. The van der Waals surface area contributed by atoms with Gasteiger partial charge in [0.25, 0.3) is 0 Å². The van der Waals surface area contributed by atoms with Gasteiger partial charge in [0.05, 0.1) is 10.0 Å². The summed E-state index contributed by atoms with van der Waals surface area (Å²) in [5.74, 6) is 0.291. The van der Waals surface area contributed by atoms with Crippen LogP contribution in [0.15, 0.2) is 36.5 Å². The number of aryl methyl sites for hydroxylation is 1. The van der Waals surface area contributed by atoms with Gasteiger partial charge in [-0.15, -0.1) is 0 Å². The maximum absolute atomic E-state index is 12.0. The van der Waals surface area contributed by atoms with Gasteiger partial charge < -0.3 is 16.4 Å². The SMILES string of the molecule is Cc1ccc(C(N)C(=O)NCCNc2ncc(Cl)cc2Cl)cc1. The van der Waals surface area contributed by atoms with Gasteiger partial charge in [-0.3, -0.25) is 4.79 Å². The Hall–Kier alpha value is -1.82. The van der Waals surface area contributed by atoms with Gasteiger partial charge in [0.15, 0.2) is 0 Å². The van der Waals surface area contributed by atoms with E-state index in [-0.39, 0.29) is 5.91 Å². The minimum Gasteiger partial charge on any atom is -0.367 e. The first-order chi connectivity index (χ1) is 11.0. The second kappa shape index (κ2) is 8.15. The highest BCUT2D eigenvalue weighted by atomic mass is 35.5. The van der Waals surface area contributed by atoms with E-state index in [0.717, 1.165) is 11.1 Å². The molecule has 1 aromatic carbocycles. The van der Waals surface area contributed by atoms with Crippen molar-refractivity contribution in [3.05, 3.63) is 57.7 Å². The third kappa shape index (κ3) is 5.10. The number of carbonyl (C=O) groups is 1. The maximum Gasteiger partial charge on any atom is 0.241 e. The Morgan fingerprint density at radius 1 is 1.26 bits per heavy atom. The normalized spacial score (nSPS) is 11.8. The number of anilines is 1. The Morgan fingerprint density at radius 3 is 2.61 bits per heavy atom. The molecule has 0 radical (unpaired) electrons. The Labute approximate surface area is 145 Å². The van der Waals surface area contributed by atoms with Crippen molar-refractivity contribution < 1.29 is 4.79 Å². The molecule has 0 aliphatic heterocycles. The van der Waals surface area contributed by atoms with Crippen LogP contribution in [-0.4, -0.2) is 24.0 Å². The van der Waals surface area contributed by atoms with Gasteiger partial charge in [-0.05, 0) is 18.6 Å². The monoisotopic (exact) mass is 352 g/mol. The number of nitrogens with one attached hydrogen (secondary N) is 2. The molecule has 1 aromatic heterocycles. The van der Waals surface area contributed by atoms with Crippen molar-refractivity contribution >= 4 is 34.9 Å². The summed E-state index contributed by atoms with van der Waals surface area (Å²) in [5.41, 5.74) is 7.85. The predicted octanol–water partition coefficient (Wildman–Crippen LogP) is 2.92. The summed E-state index contributed by atoms with van der Waals surface area (Å²) in [7, 11) is 0. The van der Waals surface area contributed by atoms with Gasteiger partial charge in [0.1, 0.15) is 11.9 Å². The number of nitrogens with zero attached hydrogens (tertiary/aromatic N) is 1. The first kappa shape index (κ1) is 17.5. The summed E-state index contributed by atoms with van der Waals surface area (Å²) in [5, 5.41) is 6.70. The van der Waals surface area contributed by atoms with E-state index in [2.05, 4.69) is 15.6 Å². The Bertz CT molecular complexity index is 676. The molecule has 1 unspecified atom stereocenters. The first-order valence-corrected chi connectivity index (χ1v) is 7.88. The molecule has 1 atom stereocenters. The van der Waals surface area contributed by atoms with Crippen LogP contribution >= 0.6 is 23.2 Å². The molecule has 122 valence electrons. The summed E-state index contributed by atoms with van der Waals surface area (Å²) >= 11 is 11.8. The molecular weight excluding hydrogens is 335 g/mol. The molecule has 0 aliphatic carbocycles. The molecule has 0 saturated carbocycles. The van der Waals surface area contributed by atoms with Crippen LogP contribution in [0.25, 0.3) is 0 Å². The van der Waals surface area contributed by atoms with E-state index in [4.69, 9.17) is 28.9 Å². The van der Waals surface area contributed by atoms with Crippen molar-refractivity contribution in [3.8, 4) is 0 Å². The van der Waals surface area contributed by atoms with E-state index in [0.29, 0.717) is 29.0 Å². The highest BCUT2D eigenvalue weighted by Crippen LogP contribution is 2.22. The molecule has 0 saturated heterocycles. The summed E-state index contributed by atoms with van der Waals surface area (Å²) in [6, 6.07) is 8.48. The second-order valence-corrected chi connectivity index (χ2v) is 5.93. The molecule has 2 aromatic rings. The fourth-order valence-corrected chi connectivity index (χ4v) is 2.39. The van der Waals surface area contributed by atoms with E-state index in [1.165, 1.54) is 6.20 Å². The zero-order chi connectivity index (χ0) is 16.8. The molecule has 4 N–H and O–H groups in total. The molecule has 7 heteroatoms. The van der Waals surface area contributed by atoms with Crippen LogP contribution < -0.4 is 16.4 Å². The number of rotatable bonds is 6. The van der Waals surface area contributed by atoms with Crippen molar-refractivity contribution in [1.82, 2.24) is 10.3 Å². The molecule has 0 aliphatic rings. The highest BCUT2D eigenvalue weighted by molar-refractivity contribution is 6.35. The Morgan fingerprint density at radius 2 is 1.96 bits per heavy atom. The lowest BCUT2D eigenvalue weighted by Crippen LogP contribution is -2.36. The minimum absolute atomic E-state index is 0.231. The average molecular weight is 353 g/mol. The molecule has 23 heavy (non-hydrogen) atoms. The van der Waals surface area contributed by atoms with E-state index in [1.54, 1.807) is 6.07 Å². The summed E-state index contributed by atoms with van der Waals surface area (Å²) < 4.78 is 0. The lowest BCUT2D eigenvalue weighted by atomic mass is 10.1. The lowest BCUT2D eigenvalue weighted by molar-refractivity contribution is -0.122. The van der Waals surface area contributed by atoms with Crippen molar-refractivity contribution in [2.24, 2.45) is 5.73 Å². The van der Waals surface area contributed by atoms with E-state index in [1.807, 2.05) is 31.2 Å². The number of aromatic nitrogens is 1. The van der Waals surface area contributed by atoms with Gasteiger partial charge in [-0.2, -0.15) is 0 Å². The highest BCUT2D eigenvalue weighted by Gasteiger charge is 2.14. The number of halogens is 2. The van der Waals surface area contributed by atoms with Gasteiger partial charge in [0.2, 0.25) is 5.91 Å². The van der Waals surface area contributed by atoms with E-state index < -0.39 is 6.04 Å². The van der Waals surface area contributed by atoms with Crippen LogP contribution in [-0.2, 0) is 4.79 Å². The number of pyridine rings is 1. The summed E-state index contributed by atoms with van der Waals surface area (Å²) in [4.78, 5) is 16.1. The standard InChI is InChI=1S/C16H18Cl2N4O/c1-10-2-4-11(5-3-10)14(19)16(23)21-7-6-20-15-13(18)8-12(17)9-22-15/h2-5,8-9,14H,6-7,19H2,1H3,(H,20,22)(H,21,23). The molecule has 1 heterocycles. The maximum atomic E-state index is 12.0. The van der Waals surface area contributed by atoms with Crippen molar-refractivity contribution in [3.63, 3.8) is 0 Å². The fraction of sp³-hybridized carbons (Fsp3) is 0.250. The zero-order valence-corrected chi connectivity index (χ0v) is 14.2. The topological polar surface area (TPSA) is 80.0 Å². The average Bonchev–Trinajstić information content (AvgIpc) is 2.53. The molecule has 0 bridgehead atoms. The molecular formula is C16H18Cl2N4O. The van der Waals surface area contributed by atoms with Crippen molar-refractivity contribution in [2.75, 3.05) is 18.4 Å². The van der Waals surface area contributed by atoms with Gasteiger partial charge in [-0.1, -0.05) is 53.0 Å². The predicted molar refractivity (Wildman–Crippen MR) is 93.9 cm³/mol. The number of hydrogen-bond acceptors (Lipinski definition) is 4. The zero-order valence-electron chi connectivity index (χ0n) is 12.6. The van der Waals surface area contributed by atoms with Gasteiger partial charge in [-0.25, -0.2) is 4.98 Å². The smallest absolute Gasteiger partial charge is 0.241 e. The third-order valence-electron chi connectivity index (χ3n) is 3.24. The first-order valence-electron chi connectivity index (χ1n) is 7.12. The number of benzene rings is 1. The Kier molecular flexibility index (Phi) is 6.21. The van der Waals surface area contributed by atoms with Gasteiger partial charge >= 0.3 is 0 Å². The lowest BCUT2D eigenvalue weighted by Gasteiger charge is -2.13. The van der Waals surface area contributed by atoms with Gasteiger partial charge in [0, 0.05) is 19.3 Å². The van der Waals surface area contributed by atoms with E-state index >= 15 is 0 Å². The summed E-state index contributed by atoms with van der Waals surface area (Å²) in [6.07, 6.45) is 1.50. The largest absolute Gasteiger partial charge is 0.367 e. The second-order valence-electron chi connectivity index (χ2n) is 5.09. The van der Waals surface area contributed by atoms with Crippen LogP contribution in [0.4, 0.5) is 5.82 Å². The van der Waals surface area contributed by atoms with Crippen molar-refractivity contribution in [2.45, 2.75) is 13.0 Å². The molecule has 2 rings (SSSR count). The molecule has 5 nitrogen and oxygen atoms in total. The number of hydrogen-bond donors (Lipinski definition) is 3. The molecule has 1 amide bonds. The van der Waals surface area contributed by atoms with Crippen LogP contribution in [0, 0.1) is 6.92 Å². The number of amides is 1. The molecule has 0 spiro atoms. The van der Waals surface area contributed by atoms with Crippen LogP contribution in [0.3, 0.4) is 0 Å². The van der Waals surface area contributed by atoms with E-state index in [9.17, 15) is 4.79 Å². The van der Waals surface area contributed by atoms with Crippen molar-refractivity contribution in [1.29, 1.82) is 0 Å². The number of nitrogens with two attached hydrogens (primary N) is 1. The summed E-state index contributed by atoms with van der Waals surface area (Å²) in [6.45, 7) is 2.86. The quantitative estimate of drug-likeness (QED) is 0.698. The minimum atomic E-state index is -0.687. The Balaban J connectivity index is 1.79.